The predicted molar refractivity (Wildman–Crippen MR) is 45.0 cm³/mol. The number of ether oxygens (including phenoxy) is 1. The van der Waals surface area contributed by atoms with Crippen molar-refractivity contribution in [3.05, 3.63) is 29.8 Å². The van der Waals surface area contributed by atoms with Crippen LogP contribution >= 0.6 is 0 Å². The zero-order valence-electron chi connectivity index (χ0n) is 7.43. The molecule has 1 unspecified atom stereocenters. The summed E-state index contributed by atoms with van der Waals surface area (Å²) in [6.45, 7) is 0. The maximum absolute atomic E-state index is 11.0. The number of methoxy groups -OCH3 is 1. The molecular weight excluding hydrogens is 281 g/mol. The van der Waals surface area contributed by atoms with Crippen molar-refractivity contribution >= 4 is 17.0 Å². The van der Waals surface area contributed by atoms with Gasteiger partial charge in [-0.3, -0.25) is 4.21 Å². The summed E-state index contributed by atoms with van der Waals surface area (Å²) in [6.07, 6.45) is 0. The number of hydrogen-bond acceptors (Lipinski definition) is 4. The van der Waals surface area contributed by atoms with Gasteiger partial charge in [-0.1, -0.05) is 12.1 Å². The van der Waals surface area contributed by atoms with E-state index in [9.17, 15) is 13.6 Å². The van der Waals surface area contributed by atoms with Gasteiger partial charge in [0.2, 0.25) is 0 Å². The fourth-order valence-electron chi connectivity index (χ4n) is 0.891. The Morgan fingerprint density at radius 2 is 2.00 bits per heavy atom. The molecular formula is C8H7O4SY+2. The third-order valence-corrected chi connectivity index (χ3v) is 2.19. The Morgan fingerprint density at radius 1 is 1.43 bits per heavy atom. The summed E-state index contributed by atoms with van der Waals surface area (Å²) in [5, 5.41) is 0. The second-order valence-corrected chi connectivity index (χ2v) is 3.13. The average molecular weight is 288 g/mol. The van der Waals surface area contributed by atoms with Crippen LogP contribution < -0.4 is 0 Å². The van der Waals surface area contributed by atoms with Crippen LogP contribution in [0.5, 0.6) is 0 Å². The Kier molecular flexibility index (Phi) is 6.36. The van der Waals surface area contributed by atoms with Crippen LogP contribution in [-0.2, 0) is 48.5 Å². The van der Waals surface area contributed by atoms with Crippen LogP contribution in [0.15, 0.2) is 29.2 Å². The van der Waals surface area contributed by atoms with Crippen LogP contribution in [0.3, 0.4) is 0 Å². The number of carbonyl (C=O) groups is 1. The third kappa shape index (κ3) is 3.24. The molecule has 0 amide bonds. The standard InChI is InChI=1S/C8H8O4S.Y/c1-12-8(9)6-4-2-3-5-7(6)13(10)11;/h2-5H,1H3,(H,10,11);/q;+3/p-1. The average Bonchev–Trinajstić information content (AvgIpc) is 2.16. The zero-order chi connectivity index (χ0) is 9.84. The van der Waals surface area contributed by atoms with E-state index < -0.39 is 17.0 Å². The maximum Gasteiger partial charge on any atom is 3.00 e. The van der Waals surface area contributed by atoms with Gasteiger partial charge in [0.15, 0.2) is 0 Å². The van der Waals surface area contributed by atoms with Crippen LogP contribution in [0.4, 0.5) is 0 Å². The first-order chi connectivity index (χ1) is 6.16. The van der Waals surface area contributed by atoms with E-state index in [-0.39, 0.29) is 43.2 Å². The molecule has 1 rings (SSSR count). The van der Waals surface area contributed by atoms with Gasteiger partial charge in [-0.25, -0.2) is 4.79 Å². The molecule has 0 spiro atoms. The summed E-state index contributed by atoms with van der Waals surface area (Å²) in [4.78, 5) is 11.0. The normalized spacial score (nSPS) is 11.3. The van der Waals surface area contributed by atoms with Crippen LogP contribution in [0, 0.1) is 0 Å². The molecule has 0 fully saturated rings. The van der Waals surface area contributed by atoms with Gasteiger partial charge in [-0.2, -0.15) is 0 Å². The first-order valence-electron chi connectivity index (χ1n) is 3.43. The summed E-state index contributed by atoms with van der Waals surface area (Å²) >= 11 is -2.41. The smallest absolute Gasteiger partial charge is 0.768 e. The van der Waals surface area contributed by atoms with Crippen LogP contribution in [0.1, 0.15) is 10.4 Å². The van der Waals surface area contributed by atoms with Crippen molar-refractivity contribution in [1.29, 1.82) is 0 Å². The largest absolute Gasteiger partial charge is 3.00 e. The van der Waals surface area contributed by atoms with Crippen LogP contribution in [0.2, 0.25) is 0 Å². The molecule has 0 N–H and O–H groups in total. The third-order valence-electron chi connectivity index (χ3n) is 1.47. The molecule has 6 heteroatoms. The monoisotopic (exact) mass is 288 g/mol. The molecule has 14 heavy (non-hydrogen) atoms. The van der Waals surface area contributed by atoms with Crippen LogP contribution in [-0.4, -0.2) is 21.8 Å². The molecule has 0 aliphatic carbocycles. The molecule has 70 valence electrons. The fraction of sp³-hybridized carbons (Fsp3) is 0.125. The minimum Gasteiger partial charge on any atom is -0.768 e. The minimum atomic E-state index is -2.41. The van der Waals surface area contributed by atoms with E-state index >= 15 is 0 Å². The Labute approximate surface area is 109 Å². The molecule has 0 aliphatic heterocycles. The van der Waals surface area contributed by atoms with Gasteiger partial charge in [0, 0.05) is 4.90 Å². The zero-order valence-corrected chi connectivity index (χ0v) is 11.1. The summed E-state index contributed by atoms with van der Waals surface area (Å²) in [5.41, 5.74) is 0.0540. The Morgan fingerprint density at radius 3 is 2.50 bits per heavy atom. The van der Waals surface area contributed by atoms with E-state index in [1.165, 1.54) is 25.3 Å². The molecule has 0 saturated carbocycles. The molecule has 1 aromatic carbocycles. The molecule has 0 radical (unpaired) electrons. The maximum atomic E-state index is 11.0. The van der Waals surface area contributed by atoms with E-state index in [1.807, 2.05) is 0 Å². The van der Waals surface area contributed by atoms with Crippen molar-refractivity contribution in [2.75, 3.05) is 7.11 Å². The van der Waals surface area contributed by atoms with Gasteiger partial charge in [0.25, 0.3) is 0 Å². The van der Waals surface area contributed by atoms with Crippen molar-refractivity contribution < 1.29 is 51.0 Å². The van der Waals surface area contributed by atoms with E-state index in [1.54, 1.807) is 6.07 Å². The fourth-order valence-corrected chi connectivity index (χ4v) is 1.41. The number of benzene rings is 1. The van der Waals surface area contributed by atoms with E-state index in [0.29, 0.717) is 0 Å². The minimum absolute atomic E-state index is 0. The first kappa shape index (κ1) is 13.9. The van der Waals surface area contributed by atoms with Gasteiger partial charge in [0.1, 0.15) is 0 Å². The van der Waals surface area contributed by atoms with E-state index in [4.69, 9.17) is 0 Å². The van der Waals surface area contributed by atoms with Gasteiger partial charge < -0.3 is 9.29 Å². The van der Waals surface area contributed by atoms with Crippen molar-refractivity contribution in [3.63, 3.8) is 0 Å². The summed E-state index contributed by atoms with van der Waals surface area (Å²) in [6, 6.07) is 5.85. The molecule has 1 atom stereocenters. The molecule has 0 bridgehead atoms. The van der Waals surface area contributed by atoms with Crippen molar-refractivity contribution in [3.8, 4) is 0 Å². The summed E-state index contributed by atoms with van der Waals surface area (Å²) < 4.78 is 25.7. The van der Waals surface area contributed by atoms with E-state index in [2.05, 4.69) is 4.74 Å². The molecule has 4 nitrogen and oxygen atoms in total. The molecule has 0 aliphatic rings. The predicted octanol–water partition coefficient (Wildman–Crippen LogP) is 0.709. The number of esters is 1. The second-order valence-electron chi connectivity index (χ2n) is 2.22. The Balaban J connectivity index is 0.00000169. The van der Waals surface area contributed by atoms with Crippen molar-refractivity contribution in [1.82, 2.24) is 0 Å². The number of carbonyl (C=O) groups excluding carboxylic acids is 1. The van der Waals surface area contributed by atoms with Gasteiger partial charge in [0.05, 0.1) is 12.7 Å². The number of rotatable bonds is 2. The Hall–Kier alpha value is -0.0961. The first-order valence-corrected chi connectivity index (χ1v) is 4.51. The van der Waals surface area contributed by atoms with Gasteiger partial charge >= 0.3 is 38.7 Å². The quantitative estimate of drug-likeness (QED) is 0.594. The topological polar surface area (TPSA) is 66.4 Å². The van der Waals surface area contributed by atoms with Crippen molar-refractivity contribution in [2.45, 2.75) is 4.90 Å². The van der Waals surface area contributed by atoms with Crippen molar-refractivity contribution in [2.24, 2.45) is 0 Å². The van der Waals surface area contributed by atoms with Gasteiger partial charge in [-0.15, -0.1) is 0 Å². The molecule has 0 heterocycles. The van der Waals surface area contributed by atoms with Crippen LogP contribution in [0.25, 0.3) is 0 Å². The summed E-state index contributed by atoms with van der Waals surface area (Å²) in [7, 11) is 1.20. The molecule has 0 saturated heterocycles. The molecule has 1 aromatic rings. The second kappa shape index (κ2) is 6.40. The summed E-state index contributed by atoms with van der Waals surface area (Å²) in [5.74, 6) is -0.653. The molecule has 0 aromatic heterocycles. The Bertz CT molecular complexity index is 353. The SMILES string of the molecule is COC(=O)c1ccccc1S(=O)[O-].[Y+3]. The number of hydrogen-bond donors (Lipinski definition) is 0. The van der Waals surface area contributed by atoms with Gasteiger partial charge in [-0.05, 0) is 23.2 Å². The van der Waals surface area contributed by atoms with E-state index in [0.717, 1.165) is 0 Å².